The van der Waals surface area contributed by atoms with Gasteiger partial charge in [0.05, 0.1) is 19.4 Å². The molecule has 0 aliphatic rings. The van der Waals surface area contributed by atoms with Crippen LogP contribution in [-0.4, -0.2) is 38.3 Å². The van der Waals surface area contributed by atoms with Crippen LogP contribution < -0.4 is 47.1 Å². The van der Waals surface area contributed by atoms with E-state index in [1.54, 1.807) is 17.9 Å². The quantitative estimate of drug-likeness (QED) is 0.529. The predicted octanol–water partition coefficient (Wildman–Crippen LogP) is -9.75. The van der Waals surface area contributed by atoms with E-state index in [-0.39, 0.29) is 36.1 Å². The number of hydrogen-bond acceptors (Lipinski definition) is 3. The molecule has 0 radical (unpaired) electrons. The molecule has 0 atom stereocenters. The Morgan fingerprint density at radius 2 is 1.86 bits per heavy atom. The number of nitrogens with two attached hydrogens (primary N) is 1. The molecule has 0 fully saturated rings. The molecule has 21 heavy (non-hydrogen) atoms. The molecule has 8 nitrogen and oxygen atoms in total. The highest BCUT2D eigenvalue weighted by atomic mass is 35.5. The normalized spacial score (nSPS) is 10.2. The summed E-state index contributed by atoms with van der Waals surface area (Å²) in [6.07, 6.45) is 1.61. The molecule has 0 saturated carbocycles. The Hall–Kier alpha value is -1.35. The number of imidazole rings is 1. The van der Waals surface area contributed by atoms with Crippen molar-refractivity contribution >= 4 is 11.2 Å². The number of rotatable bonds is 5. The summed E-state index contributed by atoms with van der Waals surface area (Å²) in [4.78, 5) is 28.1. The smallest absolute Gasteiger partial charge is 0.332 e. The summed E-state index contributed by atoms with van der Waals surface area (Å²) in [5.41, 5.74) is 4.04. The maximum Gasteiger partial charge on any atom is 0.332 e. The van der Waals surface area contributed by atoms with Gasteiger partial charge >= 0.3 is 5.69 Å². The van der Waals surface area contributed by atoms with Crippen LogP contribution in [0.15, 0.2) is 15.9 Å². The topological polar surface area (TPSA) is 106 Å². The maximum atomic E-state index is 12.1. The lowest BCUT2D eigenvalue weighted by atomic mass is 10.4. The van der Waals surface area contributed by atoms with E-state index in [9.17, 15) is 9.59 Å². The molecule has 2 aromatic rings. The summed E-state index contributed by atoms with van der Waals surface area (Å²) in [5.74, 6) is 0. The van der Waals surface area contributed by atoms with Crippen molar-refractivity contribution < 1.29 is 35.9 Å². The predicted molar refractivity (Wildman–Crippen MR) is 69.6 cm³/mol. The largest absolute Gasteiger partial charge is 1.00 e. The van der Waals surface area contributed by atoms with Gasteiger partial charge in [0.1, 0.15) is 13.1 Å². The number of fused-ring (bicyclic) bond motifs is 1. The summed E-state index contributed by atoms with van der Waals surface area (Å²) >= 11 is 0. The molecule has 0 aliphatic carbocycles. The number of aryl methyl sites for hydroxylation is 1. The molecule has 0 spiro atoms. The summed E-state index contributed by atoms with van der Waals surface area (Å²) in [5, 5.41) is 2.14. The fraction of sp³-hybridized carbons (Fsp3) is 0.545. The van der Waals surface area contributed by atoms with E-state index >= 15 is 0 Å². The molecule has 0 unspecified atom stereocenters. The second-order valence-electron chi connectivity index (χ2n) is 4.54. The monoisotopic (exact) mass is 338 g/mol. The molecule has 0 aromatic carbocycles. The van der Waals surface area contributed by atoms with Crippen molar-refractivity contribution in [2.45, 2.75) is 6.54 Å². The van der Waals surface area contributed by atoms with Crippen LogP contribution in [0.25, 0.3) is 11.2 Å². The van der Waals surface area contributed by atoms with Crippen molar-refractivity contribution in [2.24, 2.45) is 14.1 Å². The second-order valence-corrected chi connectivity index (χ2v) is 4.54. The first kappa shape index (κ1) is 19.7. The third-order valence-electron chi connectivity index (χ3n) is 3.20. The minimum atomic E-state index is -0.355. The summed E-state index contributed by atoms with van der Waals surface area (Å²) in [6, 6.07) is 0. The first-order chi connectivity index (χ1) is 9.07. The molecule has 5 N–H and O–H groups in total. The van der Waals surface area contributed by atoms with E-state index in [0.29, 0.717) is 17.7 Å². The molecule has 0 saturated heterocycles. The Bertz CT molecular complexity index is 705. The third-order valence-corrected chi connectivity index (χ3v) is 3.20. The third kappa shape index (κ3) is 3.65. The highest BCUT2D eigenvalue weighted by Gasteiger charge is 2.13. The first-order valence-electron chi connectivity index (χ1n) is 6.29. The summed E-state index contributed by atoms with van der Waals surface area (Å²) in [6.45, 7) is 3.38. The second kappa shape index (κ2) is 8.18. The van der Waals surface area contributed by atoms with E-state index in [0.717, 1.165) is 24.2 Å². The van der Waals surface area contributed by atoms with Crippen LogP contribution in [0, 0.1) is 0 Å². The first-order valence-corrected chi connectivity index (χ1v) is 6.29. The standard InChI is InChI=1S/C11H18N6O2.2ClH/c1-15-9-8(10(18)16(2)11(15)19)17(7-14-9)6-5-13-4-3-12;;/h7,13H,3-6,12H2,1-2H3;2*1H. The van der Waals surface area contributed by atoms with Crippen molar-refractivity contribution in [3.63, 3.8) is 0 Å². The van der Waals surface area contributed by atoms with Crippen LogP contribution in [0.4, 0.5) is 0 Å². The van der Waals surface area contributed by atoms with Gasteiger partial charge in [-0.3, -0.25) is 13.9 Å². The van der Waals surface area contributed by atoms with Gasteiger partial charge in [0, 0.05) is 14.1 Å². The average Bonchev–Trinajstić information content (AvgIpc) is 2.83. The molecule has 2 rings (SSSR count). The number of nitrogens with zero attached hydrogens (tertiary/aromatic N) is 4. The molecular formula is C11H20Cl2N6O2. The van der Waals surface area contributed by atoms with Crippen LogP contribution in [0.3, 0.4) is 0 Å². The molecule has 120 valence electrons. The van der Waals surface area contributed by atoms with Gasteiger partial charge in [-0.25, -0.2) is 9.78 Å². The van der Waals surface area contributed by atoms with E-state index < -0.39 is 0 Å². The van der Waals surface area contributed by atoms with Gasteiger partial charge in [0.25, 0.3) is 5.56 Å². The van der Waals surface area contributed by atoms with Gasteiger partial charge in [-0.1, -0.05) is 0 Å². The molecule has 0 aliphatic heterocycles. The van der Waals surface area contributed by atoms with Crippen LogP contribution >= 0.6 is 0 Å². The van der Waals surface area contributed by atoms with Crippen LogP contribution in [0.5, 0.6) is 0 Å². The minimum Gasteiger partial charge on any atom is -1.00 e. The number of aromatic nitrogens is 4. The highest BCUT2D eigenvalue weighted by Crippen LogP contribution is 2.04. The Labute approximate surface area is 133 Å². The van der Waals surface area contributed by atoms with Crippen LogP contribution in [-0.2, 0) is 20.6 Å². The lowest BCUT2D eigenvalue weighted by molar-refractivity contribution is -0.670. The number of halogens is 2. The van der Waals surface area contributed by atoms with Crippen molar-refractivity contribution in [3.8, 4) is 0 Å². The minimum absolute atomic E-state index is 0. The Morgan fingerprint density at radius 1 is 1.19 bits per heavy atom. The molecule has 0 bridgehead atoms. The van der Waals surface area contributed by atoms with Crippen LogP contribution in [0.1, 0.15) is 0 Å². The van der Waals surface area contributed by atoms with Gasteiger partial charge in [0.2, 0.25) is 0 Å². The Balaban J connectivity index is 0.00000200. The Kier molecular flexibility index (Phi) is 7.65. The molecule has 2 heterocycles. The zero-order valence-electron chi connectivity index (χ0n) is 12.1. The van der Waals surface area contributed by atoms with E-state index in [1.165, 1.54) is 11.6 Å². The molecular weight excluding hydrogens is 319 g/mol. The fourth-order valence-corrected chi connectivity index (χ4v) is 2.09. The van der Waals surface area contributed by atoms with Gasteiger partial charge in [0.15, 0.2) is 11.2 Å². The maximum absolute atomic E-state index is 12.1. The Morgan fingerprint density at radius 3 is 2.48 bits per heavy atom. The average molecular weight is 339 g/mol. The SMILES string of the molecule is Cn1c(=O)c2c(ncn2CC[NH2+]CC[NH3+])n(C)c1=O.[Cl-].[Cl-]. The molecule has 2 aromatic heterocycles. The van der Waals surface area contributed by atoms with E-state index in [4.69, 9.17) is 0 Å². The number of hydrogen-bond donors (Lipinski definition) is 2. The lowest BCUT2D eigenvalue weighted by Gasteiger charge is -2.05. The van der Waals surface area contributed by atoms with Crippen molar-refractivity contribution in [3.05, 3.63) is 27.2 Å². The van der Waals surface area contributed by atoms with Gasteiger partial charge in [-0.2, -0.15) is 0 Å². The highest BCUT2D eigenvalue weighted by molar-refractivity contribution is 5.69. The van der Waals surface area contributed by atoms with Crippen molar-refractivity contribution in [1.82, 2.24) is 18.7 Å². The van der Waals surface area contributed by atoms with Crippen molar-refractivity contribution in [1.29, 1.82) is 0 Å². The van der Waals surface area contributed by atoms with Crippen LogP contribution in [0.2, 0.25) is 0 Å². The van der Waals surface area contributed by atoms with Gasteiger partial charge in [-0.05, 0) is 0 Å². The van der Waals surface area contributed by atoms with E-state index in [1.807, 2.05) is 0 Å². The van der Waals surface area contributed by atoms with E-state index in [2.05, 4.69) is 16.0 Å². The van der Waals surface area contributed by atoms with Gasteiger partial charge in [-0.15, -0.1) is 0 Å². The fourth-order valence-electron chi connectivity index (χ4n) is 2.09. The zero-order valence-corrected chi connectivity index (χ0v) is 13.6. The summed E-state index contributed by atoms with van der Waals surface area (Å²) < 4.78 is 4.31. The van der Waals surface area contributed by atoms with Gasteiger partial charge < -0.3 is 40.4 Å². The zero-order chi connectivity index (χ0) is 14.0. The summed E-state index contributed by atoms with van der Waals surface area (Å²) in [7, 11) is 3.10. The number of quaternary nitrogens is 2. The van der Waals surface area contributed by atoms with Crippen molar-refractivity contribution in [2.75, 3.05) is 19.6 Å². The molecule has 0 amide bonds. The molecule has 10 heteroatoms. The lowest BCUT2D eigenvalue weighted by Crippen LogP contribution is -3.00.